The number of aliphatic hydroxyl groups excluding tert-OH is 7. The van der Waals surface area contributed by atoms with Crippen LogP contribution in [0.4, 0.5) is 0 Å². The normalized spacial score (nSPS) is 39.5. The largest absolute Gasteiger partial charge is 0.479 e. The fraction of sp³-hybridized carbons (Fsp3) is 0.931. The highest BCUT2D eigenvalue weighted by Crippen LogP contribution is 2.35. The predicted molar refractivity (Wildman–Crippen MR) is 207 cm³/mol. The van der Waals surface area contributed by atoms with Gasteiger partial charge in [-0.05, 0) is 25.8 Å². The van der Waals surface area contributed by atoms with Gasteiger partial charge in [0.1, 0.15) is 85.3 Å². The Kier molecular flexibility index (Phi) is 20.8. The molecular formula is C29H51N3O33S4. The molecule has 4 saturated heterocycles. The molecule has 0 aromatic rings. The minimum absolute atomic E-state index is 0.244. The summed E-state index contributed by atoms with van der Waals surface area (Å²) in [6.07, 6.45) is -42.8. The molecular weight excluding hydrogens is 1050 g/mol. The average Bonchev–Trinajstić information content (AvgIpc) is 3.21. The number of carboxylic acids is 2. The van der Waals surface area contributed by atoms with Crippen molar-refractivity contribution in [2.45, 2.75) is 142 Å². The Hall–Kier alpha value is -2.22. The smallest absolute Gasteiger partial charge is 0.397 e. The van der Waals surface area contributed by atoms with Crippen molar-refractivity contribution in [2.75, 3.05) is 26.4 Å². The van der Waals surface area contributed by atoms with E-state index < -0.39 is 189 Å². The first-order valence-corrected chi connectivity index (χ1v) is 25.2. The van der Waals surface area contributed by atoms with Crippen LogP contribution in [0, 0.1) is 0 Å². The third-order valence-corrected chi connectivity index (χ3v) is 12.3. The van der Waals surface area contributed by atoms with Gasteiger partial charge in [0.15, 0.2) is 37.4 Å². The molecule has 0 aromatic carbocycles. The first kappa shape index (κ1) is 59.3. The van der Waals surface area contributed by atoms with Crippen LogP contribution in [-0.2, 0) is 97.3 Å². The van der Waals surface area contributed by atoms with E-state index in [9.17, 15) is 107 Å². The van der Waals surface area contributed by atoms with Crippen LogP contribution in [0.25, 0.3) is 0 Å². The zero-order valence-electron chi connectivity index (χ0n) is 34.7. The molecule has 4 rings (SSSR count). The summed E-state index contributed by atoms with van der Waals surface area (Å²) >= 11 is 0. The monoisotopic (exact) mass is 1100 g/mol. The standard InChI is InChI=1S/C29H51N3O33S4/c30-4-2-1-3-5-56-26-10(31-66(44,45)46)12(33)19(8(59-26)6-57-68(50,51)52)62-29-18(39)16(37)21(23(65-29)25(42)43)63-27-11(32-67(47,48)49)13(34)20(9(60-27)7-58-69(53,54)55)61-28-17(38)14(35)15(36)22(64-28)24(40)41/h8-23,26-29,31-39H,1-7,30H2,(H,40,41)(H,42,43)(H,44,45,46)(H,47,48,49)(H,50,51,52)(H,53,54,55)/t8-,9-,10-,11-,12-,13-,14+,15+,16-,17-,18-,19-,20-,21+,22+,23+,26+,27-,28-,29-/m1/s1. The molecule has 0 saturated carbocycles. The molecule has 69 heavy (non-hydrogen) atoms. The molecule has 4 aliphatic heterocycles. The second-order valence-electron chi connectivity index (χ2n) is 15.2. The van der Waals surface area contributed by atoms with Crippen LogP contribution in [-0.4, -0.2) is 259 Å². The molecule has 0 spiro atoms. The first-order valence-electron chi connectivity index (χ1n) is 19.6. The van der Waals surface area contributed by atoms with Crippen LogP contribution in [0.3, 0.4) is 0 Å². The number of ether oxygens (including phenoxy) is 8. The number of carbonyl (C=O) groups is 2. The molecule has 4 aliphatic rings. The maximum Gasteiger partial charge on any atom is 0.397 e. The van der Waals surface area contributed by atoms with Gasteiger partial charge in [-0.2, -0.15) is 43.1 Å². The topological polar surface area (TPSA) is 576 Å². The third-order valence-electron chi connectivity index (χ3n) is 10.3. The number of nitrogens with one attached hydrogen (secondary N) is 2. The number of rotatable bonds is 24. The molecule has 36 nitrogen and oxygen atoms in total. The molecule has 4 fully saturated rings. The van der Waals surface area contributed by atoms with Crippen molar-refractivity contribution >= 4 is 53.3 Å². The van der Waals surface area contributed by atoms with Crippen molar-refractivity contribution in [1.29, 1.82) is 0 Å². The maximum atomic E-state index is 12.7. The number of aliphatic carboxylic acids is 2. The molecule has 0 radical (unpaired) electrons. The molecule has 40 heteroatoms. The van der Waals surface area contributed by atoms with E-state index in [1.165, 1.54) is 4.72 Å². The highest BCUT2D eigenvalue weighted by Gasteiger charge is 2.58. The van der Waals surface area contributed by atoms with Crippen molar-refractivity contribution < 1.29 is 154 Å². The highest BCUT2D eigenvalue weighted by molar-refractivity contribution is 7.84. The van der Waals surface area contributed by atoms with E-state index in [2.05, 4.69) is 8.37 Å². The number of nitrogens with two attached hydrogens (primary N) is 1. The molecule has 20 atom stereocenters. The Morgan fingerprint density at radius 1 is 0.493 bits per heavy atom. The van der Waals surface area contributed by atoms with Crippen molar-refractivity contribution in [3.05, 3.63) is 0 Å². The lowest BCUT2D eigenvalue weighted by Gasteiger charge is -2.49. The summed E-state index contributed by atoms with van der Waals surface area (Å²) in [6.45, 7) is -2.82. The molecule has 4 heterocycles. The Labute approximate surface area is 389 Å². The number of hydrogen-bond acceptors (Lipinski definition) is 28. The van der Waals surface area contributed by atoms with Crippen LogP contribution < -0.4 is 15.2 Å². The molecule has 0 amide bonds. The second-order valence-corrected chi connectivity index (χ2v) is 19.8. The summed E-state index contributed by atoms with van der Waals surface area (Å²) in [6, 6.07) is -4.68. The predicted octanol–water partition coefficient (Wildman–Crippen LogP) is -9.96. The Morgan fingerprint density at radius 3 is 1.35 bits per heavy atom. The molecule has 0 unspecified atom stereocenters. The summed E-state index contributed by atoms with van der Waals surface area (Å²) in [7, 11) is -21.7. The minimum Gasteiger partial charge on any atom is -0.479 e. The molecule has 17 N–H and O–H groups in total. The quantitative estimate of drug-likeness (QED) is 0.0315. The van der Waals surface area contributed by atoms with Crippen molar-refractivity contribution in [3.8, 4) is 0 Å². The van der Waals surface area contributed by atoms with Gasteiger partial charge in [-0.3, -0.25) is 18.2 Å². The zero-order valence-corrected chi connectivity index (χ0v) is 38.0. The fourth-order valence-electron chi connectivity index (χ4n) is 7.16. The molecule has 0 bridgehead atoms. The second kappa shape index (κ2) is 24.2. The fourth-order valence-corrected chi connectivity index (χ4v) is 8.96. The Morgan fingerprint density at radius 2 is 0.913 bits per heavy atom. The Bertz CT molecular complexity index is 2170. The van der Waals surface area contributed by atoms with E-state index in [1.54, 1.807) is 4.72 Å². The van der Waals surface area contributed by atoms with Crippen LogP contribution in [0.1, 0.15) is 19.3 Å². The van der Waals surface area contributed by atoms with E-state index in [4.69, 9.17) is 43.6 Å². The third kappa shape index (κ3) is 16.6. The van der Waals surface area contributed by atoms with E-state index in [0.717, 1.165) is 0 Å². The van der Waals surface area contributed by atoms with Crippen LogP contribution >= 0.6 is 0 Å². The van der Waals surface area contributed by atoms with Gasteiger partial charge in [-0.1, -0.05) is 0 Å². The highest BCUT2D eigenvalue weighted by atomic mass is 32.3. The van der Waals surface area contributed by atoms with Gasteiger partial charge < -0.3 is 89.6 Å². The van der Waals surface area contributed by atoms with Gasteiger partial charge in [0.25, 0.3) is 0 Å². The van der Waals surface area contributed by atoms with Gasteiger partial charge in [0.05, 0.1) is 13.2 Å². The summed E-state index contributed by atoms with van der Waals surface area (Å²) in [4.78, 5) is 24.3. The van der Waals surface area contributed by atoms with Crippen LogP contribution in [0.5, 0.6) is 0 Å². The van der Waals surface area contributed by atoms with Gasteiger partial charge in [-0.25, -0.2) is 18.0 Å². The first-order chi connectivity index (χ1) is 31.7. The van der Waals surface area contributed by atoms with E-state index in [1.807, 2.05) is 0 Å². The van der Waals surface area contributed by atoms with Crippen LogP contribution in [0.2, 0.25) is 0 Å². The van der Waals surface area contributed by atoms with E-state index in [0.29, 0.717) is 12.8 Å². The molecule has 0 aliphatic carbocycles. The Balaban J connectivity index is 1.68. The maximum absolute atomic E-state index is 12.7. The lowest BCUT2D eigenvalue weighted by atomic mass is 9.94. The average molecular weight is 1100 g/mol. The van der Waals surface area contributed by atoms with Crippen LogP contribution in [0.15, 0.2) is 0 Å². The van der Waals surface area contributed by atoms with E-state index in [-0.39, 0.29) is 19.6 Å². The van der Waals surface area contributed by atoms with Gasteiger partial charge in [0, 0.05) is 6.61 Å². The van der Waals surface area contributed by atoms with Crippen molar-refractivity contribution in [2.24, 2.45) is 5.73 Å². The van der Waals surface area contributed by atoms with E-state index >= 15 is 0 Å². The number of hydrogen-bond donors (Lipinski definition) is 16. The van der Waals surface area contributed by atoms with Crippen molar-refractivity contribution in [1.82, 2.24) is 9.44 Å². The van der Waals surface area contributed by atoms with Gasteiger partial charge in [0.2, 0.25) is 0 Å². The minimum atomic E-state index is -5.59. The lowest BCUT2D eigenvalue weighted by Crippen LogP contribution is -2.70. The number of aliphatic hydroxyl groups is 7. The van der Waals surface area contributed by atoms with Gasteiger partial charge >= 0.3 is 53.3 Å². The molecule has 0 aromatic heterocycles. The number of carboxylic acid groups (broad SMARTS) is 2. The summed E-state index contributed by atoms with van der Waals surface area (Å²) < 4.78 is 187. The SMILES string of the molecule is NCCCCCO[C@H]1O[C@H](COS(=O)(=O)O)[C@@H](O[C@@H]2O[C@H](C(=O)O)[C@@H](O[C@H]3O[C@H](COS(=O)(=O)O)[C@@H](O[C@@H]4O[C@H](C(=O)O)[C@@H](O)[C@H](O)[C@H]4O)[C@H](O)[C@H]3NS(=O)(=O)O)[C@H](O)[C@H]2O)[C@H](O)[C@H]1NS(=O)(=O)O. The molecule has 404 valence electrons. The lowest BCUT2D eigenvalue weighted by molar-refractivity contribution is -0.370. The van der Waals surface area contributed by atoms with Crippen molar-refractivity contribution in [3.63, 3.8) is 0 Å². The summed E-state index contributed by atoms with van der Waals surface area (Å²) in [5, 5.41) is 95.8. The number of unbranched alkanes of at least 4 members (excludes halogenated alkanes) is 2. The summed E-state index contributed by atoms with van der Waals surface area (Å²) in [5.74, 6) is -4.12. The zero-order chi connectivity index (χ0) is 52.1. The van der Waals surface area contributed by atoms with Gasteiger partial charge in [-0.15, -0.1) is 0 Å². The summed E-state index contributed by atoms with van der Waals surface area (Å²) in [5.41, 5.74) is 5.45.